The minimum Gasteiger partial charge on any atom is -0.479 e. The zero-order valence-corrected chi connectivity index (χ0v) is 14.5. The standard InChI is InChI=1S/C20H15ClN2O3/c21-16-10-4-5-11-18(16)25-13-7-6-12-22-20(24)17-14-19(26-23-17)15-8-2-1-3-9-15/h1-5,8-11,14H,12-13H2,(H,22,24). The van der Waals surface area contributed by atoms with E-state index in [0.717, 1.165) is 5.56 Å². The van der Waals surface area contributed by atoms with E-state index < -0.39 is 0 Å². The minimum absolute atomic E-state index is 0.179. The van der Waals surface area contributed by atoms with Gasteiger partial charge in [0.2, 0.25) is 0 Å². The number of nitrogens with zero attached hydrogens (tertiary/aromatic N) is 1. The lowest BCUT2D eigenvalue weighted by molar-refractivity contribution is 0.0949. The van der Waals surface area contributed by atoms with Crippen LogP contribution in [0.1, 0.15) is 10.5 Å². The third kappa shape index (κ3) is 4.65. The van der Waals surface area contributed by atoms with Crippen LogP contribution in [-0.4, -0.2) is 24.2 Å². The average molecular weight is 367 g/mol. The normalized spacial score (nSPS) is 9.88. The summed E-state index contributed by atoms with van der Waals surface area (Å²) >= 11 is 5.97. The third-order valence-corrected chi connectivity index (χ3v) is 3.71. The van der Waals surface area contributed by atoms with E-state index in [2.05, 4.69) is 22.3 Å². The first kappa shape index (κ1) is 17.6. The lowest BCUT2D eigenvalue weighted by Crippen LogP contribution is -2.23. The summed E-state index contributed by atoms with van der Waals surface area (Å²) in [4.78, 5) is 12.0. The highest BCUT2D eigenvalue weighted by atomic mass is 35.5. The van der Waals surface area contributed by atoms with Crippen molar-refractivity contribution in [3.63, 3.8) is 0 Å². The Hall–Kier alpha value is -3.23. The first-order chi connectivity index (χ1) is 12.7. The van der Waals surface area contributed by atoms with Crippen LogP contribution in [0.2, 0.25) is 5.02 Å². The molecule has 1 amide bonds. The van der Waals surface area contributed by atoms with E-state index in [1.807, 2.05) is 42.5 Å². The van der Waals surface area contributed by atoms with E-state index in [4.69, 9.17) is 20.9 Å². The highest BCUT2D eigenvalue weighted by Gasteiger charge is 2.12. The number of rotatable bonds is 5. The number of ether oxygens (including phenoxy) is 1. The summed E-state index contributed by atoms with van der Waals surface area (Å²) in [5.41, 5.74) is 1.06. The van der Waals surface area contributed by atoms with Crippen LogP contribution < -0.4 is 10.1 Å². The van der Waals surface area contributed by atoms with E-state index in [9.17, 15) is 4.79 Å². The first-order valence-corrected chi connectivity index (χ1v) is 8.25. The molecular weight excluding hydrogens is 352 g/mol. The predicted molar refractivity (Wildman–Crippen MR) is 99.0 cm³/mol. The number of hydrogen-bond acceptors (Lipinski definition) is 4. The van der Waals surface area contributed by atoms with Crippen molar-refractivity contribution in [1.82, 2.24) is 10.5 Å². The van der Waals surface area contributed by atoms with E-state index in [1.54, 1.807) is 18.2 Å². The topological polar surface area (TPSA) is 64.4 Å². The maximum atomic E-state index is 12.0. The molecule has 26 heavy (non-hydrogen) atoms. The molecule has 0 radical (unpaired) electrons. The molecule has 1 N–H and O–H groups in total. The quantitative estimate of drug-likeness (QED) is 0.697. The predicted octanol–water partition coefficient (Wildman–Crippen LogP) is 3.81. The molecule has 2 aromatic carbocycles. The molecular formula is C20H15ClN2O3. The monoisotopic (exact) mass is 366 g/mol. The van der Waals surface area contributed by atoms with Crippen LogP contribution in [-0.2, 0) is 0 Å². The SMILES string of the molecule is O=C(NCC#CCOc1ccccc1Cl)c1cc(-c2ccccc2)on1. The molecule has 0 aliphatic carbocycles. The van der Waals surface area contributed by atoms with Gasteiger partial charge in [-0.25, -0.2) is 0 Å². The lowest BCUT2D eigenvalue weighted by Gasteiger charge is -2.02. The summed E-state index contributed by atoms with van der Waals surface area (Å²) in [7, 11) is 0. The van der Waals surface area contributed by atoms with Gasteiger partial charge in [0, 0.05) is 11.6 Å². The zero-order chi connectivity index (χ0) is 18.2. The number of hydrogen-bond donors (Lipinski definition) is 1. The number of amides is 1. The Morgan fingerprint density at radius 2 is 1.88 bits per heavy atom. The minimum atomic E-state index is -0.350. The summed E-state index contributed by atoms with van der Waals surface area (Å²) in [6.45, 7) is 0.361. The van der Waals surface area contributed by atoms with Crippen molar-refractivity contribution in [3.8, 4) is 28.9 Å². The number of nitrogens with one attached hydrogen (secondary N) is 1. The van der Waals surface area contributed by atoms with Gasteiger partial charge in [0.1, 0.15) is 12.4 Å². The van der Waals surface area contributed by atoms with Gasteiger partial charge in [-0.15, -0.1) is 0 Å². The molecule has 0 unspecified atom stereocenters. The van der Waals surface area contributed by atoms with Gasteiger partial charge in [0.25, 0.3) is 5.91 Å². The number of carbonyl (C=O) groups excluding carboxylic acids is 1. The molecule has 5 nitrogen and oxygen atoms in total. The third-order valence-electron chi connectivity index (χ3n) is 3.40. The summed E-state index contributed by atoms with van der Waals surface area (Å²) in [6.07, 6.45) is 0. The number of halogens is 1. The Bertz CT molecular complexity index is 942. The fraction of sp³-hybridized carbons (Fsp3) is 0.100. The van der Waals surface area contributed by atoms with Gasteiger partial charge in [-0.1, -0.05) is 71.1 Å². The Morgan fingerprint density at radius 3 is 2.69 bits per heavy atom. The van der Waals surface area contributed by atoms with Gasteiger partial charge in [0.05, 0.1) is 11.6 Å². The molecule has 3 rings (SSSR count). The molecule has 0 bridgehead atoms. The molecule has 0 saturated heterocycles. The fourth-order valence-electron chi connectivity index (χ4n) is 2.12. The number of para-hydroxylation sites is 1. The van der Waals surface area contributed by atoms with Crippen LogP contribution in [0.3, 0.4) is 0 Å². The van der Waals surface area contributed by atoms with Crippen LogP contribution in [0.25, 0.3) is 11.3 Å². The number of benzene rings is 2. The van der Waals surface area contributed by atoms with Crippen LogP contribution >= 0.6 is 11.6 Å². The zero-order valence-electron chi connectivity index (χ0n) is 13.7. The van der Waals surface area contributed by atoms with Crippen LogP contribution in [0.4, 0.5) is 0 Å². The van der Waals surface area contributed by atoms with Gasteiger partial charge < -0.3 is 14.6 Å². The molecule has 1 aromatic heterocycles. The molecule has 6 heteroatoms. The summed E-state index contributed by atoms with van der Waals surface area (Å²) in [5, 5.41) is 6.97. The second kappa shape index (κ2) is 8.75. The molecule has 0 atom stereocenters. The Kier molecular flexibility index (Phi) is 5.92. The van der Waals surface area contributed by atoms with Crippen molar-refractivity contribution in [1.29, 1.82) is 0 Å². The number of carbonyl (C=O) groups is 1. The molecule has 0 aliphatic heterocycles. The van der Waals surface area contributed by atoms with E-state index in [-0.39, 0.29) is 24.8 Å². The molecule has 1 heterocycles. The van der Waals surface area contributed by atoms with Gasteiger partial charge in [-0.2, -0.15) is 0 Å². The molecule has 3 aromatic rings. The maximum Gasteiger partial charge on any atom is 0.274 e. The van der Waals surface area contributed by atoms with Crippen molar-refractivity contribution in [2.75, 3.05) is 13.2 Å². The molecule has 0 aliphatic rings. The molecule has 0 fully saturated rings. The fourth-order valence-corrected chi connectivity index (χ4v) is 2.32. The van der Waals surface area contributed by atoms with Gasteiger partial charge in [-0.3, -0.25) is 4.79 Å². The van der Waals surface area contributed by atoms with Crippen LogP contribution in [0.5, 0.6) is 5.75 Å². The Balaban J connectivity index is 1.46. The Morgan fingerprint density at radius 1 is 1.12 bits per heavy atom. The summed E-state index contributed by atoms with van der Waals surface area (Å²) < 4.78 is 10.6. The van der Waals surface area contributed by atoms with E-state index in [1.165, 1.54) is 0 Å². The number of aromatic nitrogens is 1. The van der Waals surface area contributed by atoms with Crippen molar-refractivity contribution >= 4 is 17.5 Å². The van der Waals surface area contributed by atoms with Gasteiger partial charge in [0.15, 0.2) is 11.5 Å². The summed E-state index contributed by atoms with van der Waals surface area (Å²) in [6, 6.07) is 18.2. The van der Waals surface area contributed by atoms with E-state index >= 15 is 0 Å². The van der Waals surface area contributed by atoms with Crippen LogP contribution in [0, 0.1) is 11.8 Å². The lowest BCUT2D eigenvalue weighted by atomic mass is 10.1. The molecule has 130 valence electrons. The average Bonchev–Trinajstić information content (AvgIpc) is 3.17. The highest BCUT2D eigenvalue weighted by molar-refractivity contribution is 6.32. The first-order valence-electron chi connectivity index (χ1n) is 7.87. The molecule has 0 spiro atoms. The largest absolute Gasteiger partial charge is 0.479 e. The maximum absolute atomic E-state index is 12.0. The van der Waals surface area contributed by atoms with Crippen molar-refractivity contribution in [2.45, 2.75) is 0 Å². The second-order valence-electron chi connectivity index (χ2n) is 5.20. The van der Waals surface area contributed by atoms with Gasteiger partial charge in [-0.05, 0) is 12.1 Å². The van der Waals surface area contributed by atoms with Gasteiger partial charge >= 0.3 is 0 Å². The molecule has 0 saturated carbocycles. The highest BCUT2D eigenvalue weighted by Crippen LogP contribution is 2.22. The second-order valence-corrected chi connectivity index (χ2v) is 5.60. The van der Waals surface area contributed by atoms with Crippen molar-refractivity contribution < 1.29 is 14.1 Å². The van der Waals surface area contributed by atoms with Crippen LogP contribution in [0.15, 0.2) is 65.2 Å². The van der Waals surface area contributed by atoms with E-state index in [0.29, 0.717) is 16.5 Å². The smallest absolute Gasteiger partial charge is 0.274 e. The van der Waals surface area contributed by atoms with Crippen molar-refractivity contribution in [3.05, 3.63) is 71.4 Å². The van der Waals surface area contributed by atoms with Crippen molar-refractivity contribution in [2.24, 2.45) is 0 Å². The Labute approximate surface area is 155 Å². The summed E-state index contributed by atoms with van der Waals surface area (Å²) in [5.74, 6) is 6.38.